The Kier molecular flexibility index (Phi) is 6.45. The molecule has 0 aromatic heterocycles. The van der Waals surface area contributed by atoms with E-state index in [4.69, 9.17) is 16.3 Å². The van der Waals surface area contributed by atoms with Crippen LogP contribution in [0.5, 0.6) is 5.75 Å². The van der Waals surface area contributed by atoms with Gasteiger partial charge in [0, 0.05) is 27.3 Å². The Balaban J connectivity index is 1.93. The first-order valence-electron chi connectivity index (χ1n) is 7.04. The van der Waals surface area contributed by atoms with Gasteiger partial charge in [-0.05, 0) is 49.5 Å². The molecule has 122 valence electrons. The van der Waals surface area contributed by atoms with Crippen molar-refractivity contribution >= 4 is 39.1 Å². The number of hydrogen-bond donors (Lipinski definition) is 1. The van der Waals surface area contributed by atoms with E-state index in [1.807, 2.05) is 30.1 Å². The number of hydrogen-bond acceptors (Lipinski definition) is 3. The number of ether oxygens (including phenoxy) is 1. The molecule has 0 heterocycles. The van der Waals surface area contributed by atoms with Crippen LogP contribution in [0.3, 0.4) is 0 Å². The van der Waals surface area contributed by atoms with Gasteiger partial charge in [0.25, 0.3) is 0 Å². The summed E-state index contributed by atoms with van der Waals surface area (Å²) in [5.41, 5.74) is 1.75. The van der Waals surface area contributed by atoms with Gasteiger partial charge in [-0.3, -0.25) is 9.69 Å². The van der Waals surface area contributed by atoms with Gasteiger partial charge in [0.1, 0.15) is 5.75 Å². The Morgan fingerprint density at radius 3 is 2.61 bits per heavy atom. The highest BCUT2D eigenvalue weighted by Crippen LogP contribution is 2.24. The molecule has 2 rings (SSSR count). The minimum Gasteiger partial charge on any atom is -0.496 e. The summed E-state index contributed by atoms with van der Waals surface area (Å²) in [5, 5.41) is 3.49. The van der Waals surface area contributed by atoms with Crippen LogP contribution in [0.2, 0.25) is 5.02 Å². The smallest absolute Gasteiger partial charge is 0.238 e. The lowest BCUT2D eigenvalue weighted by molar-refractivity contribution is -0.117. The SMILES string of the molecule is COc1ccc(Br)cc1CN(C)CC(=O)Nc1ccc(Cl)cc1. The topological polar surface area (TPSA) is 41.6 Å². The second-order valence-corrected chi connectivity index (χ2v) is 6.54. The van der Waals surface area contributed by atoms with Gasteiger partial charge in [-0.25, -0.2) is 0 Å². The van der Waals surface area contributed by atoms with Gasteiger partial charge in [0.2, 0.25) is 5.91 Å². The highest BCUT2D eigenvalue weighted by atomic mass is 79.9. The molecule has 0 atom stereocenters. The zero-order valence-corrected chi connectivity index (χ0v) is 15.3. The van der Waals surface area contributed by atoms with Gasteiger partial charge in [0.15, 0.2) is 0 Å². The zero-order chi connectivity index (χ0) is 16.8. The zero-order valence-electron chi connectivity index (χ0n) is 13.0. The van der Waals surface area contributed by atoms with Gasteiger partial charge < -0.3 is 10.1 Å². The van der Waals surface area contributed by atoms with Crippen LogP contribution in [0.1, 0.15) is 5.56 Å². The van der Waals surface area contributed by atoms with Gasteiger partial charge in [-0.2, -0.15) is 0 Å². The summed E-state index contributed by atoms with van der Waals surface area (Å²) in [6.07, 6.45) is 0. The maximum Gasteiger partial charge on any atom is 0.238 e. The van der Waals surface area contributed by atoms with Crippen LogP contribution in [0, 0.1) is 0 Å². The fraction of sp³-hybridized carbons (Fsp3) is 0.235. The van der Waals surface area contributed by atoms with E-state index in [0.717, 1.165) is 21.5 Å². The molecule has 0 aliphatic rings. The first-order chi connectivity index (χ1) is 11.0. The number of halogens is 2. The summed E-state index contributed by atoms with van der Waals surface area (Å²) in [5.74, 6) is 0.724. The third-order valence-electron chi connectivity index (χ3n) is 3.22. The number of methoxy groups -OCH3 is 1. The van der Waals surface area contributed by atoms with Gasteiger partial charge >= 0.3 is 0 Å². The molecule has 0 aliphatic heterocycles. The Morgan fingerprint density at radius 1 is 1.26 bits per heavy atom. The van der Waals surface area contributed by atoms with Crippen molar-refractivity contribution in [2.75, 3.05) is 26.0 Å². The summed E-state index contributed by atoms with van der Waals surface area (Å²) in [6.45, 7) is 0.884. The van der Waals surface area contributed by atoms with E-state index in [9.17, 15) is 4.79 Å². The van der Waals surface area contributed by atoms with Crippen LogP contribution in [0.25, 0.3) is 0 Å². The Hall–Kier alpha value is -1.56. The quantitative estimate of drug-likeness (QED) is 0.795. The maximum absolute atomic E-state index is 12.1. The number of benzene rings is 2. The van der Waals surface area contributed by atoms with E-state index >= 15 is 0 Å². The van der Waals surface area contributed by atoms with Crippen molar-refractivity contribution in [1.29, 1.82) is 0 Å². The van der Waals surface area contributed by atoms with Crippen molar-refractivity contribution in [3.8, 4) is 5.75 Å². The van der Waals surface area contributed by atoms with E-state index in [2.05, 4.69) is 21.2 Å². The molecule has 0 fully saturated rings. The molecule has 23 heavy (non-hydrogen) atoms. The van der Waals surface area contributed by atoms with Crippen molar-refractivity contribution in [3.05, 3.63) is 57.5 Å². The van der Waals surface area contributed by atoms with Crippen LogP contribution in [-0.4, -0.2) is 31.5 Å². The van der Waals surface area contributed by atoms with Crippen molar-refractivity contribution in [2.24, 2.45) is 0 Å². The predicted octanol–water partition coefficient (Wildman–Crippen LogP) is 4.18. The Morgan fingerprint density at radius 2 is 1.96 bits per heavy atom. The standard InChI is InChI=1S/C17H18BrClN2O2/c1-21(10-12-9-13(18)3-8-16(12)23-2)11-17(22)20-15-6-4-14(19)5-7-15/h3-9H,10-11H2,1-2H3,(H,20,22). The highest BCUT2D eigenvalue weighted by molar-refractivity contribution is 9.10. The van der Waals surface area contributed by atoms with Crippen LogP contribution >= 0.6 is 27.5 Å². The fourth-order valence-electron chi connectivity index (χ4n) is 2.20. The minimum absolute atomic E-state index is 0.0798. The molecule has 0 aliphatic carbocycles. The number of carbonyl (C=O) groups is 1. The van der Waals surface area contributed by atoms with E-state index in [0.29, 0.717) is 11.6 Å². The average molecular weight is 398 g/mol. The molecule has 0 unspecified atom stereocenters. The number of nitrogens with one attached hydrogen (secondary N) is 1. The largest absolute Gasteiger partial charge is 0.496 e. The second-order valence-electron chi connectivity index (χ2n) is 5.18. The molecular formula is C17H18BrClN2O2. The summed E-state index contributed by atoms with van der Waals surface area (Å²) in [6, 6.07) is 12.9. The van der Waals surface area contributed by atoms with Gasteiger partial charge in [-0.1, -0.05) is 27.5 Å². The lowest BCUT2D eigenvalue weighted by Gasteiger charge is -2.18. The Labute approximate surface area is 149 Å². The van der Waals surface area contributed by atoms with E-state index in [-0.39, 0.29) is 12.5 Å². The normalized spacial score (nSPS) is 10.7. The number of anilines is 1. The van der Waals surface area contributed by atoms with Crippen LogP contribution < -0.4 is 10.1 Å². The van der Waals surface area contributed by atoms with Crippen LogP contribution in [0.4, 0.5) is 5.69 Å². The van der Waals surface area contributed by atoms with E-state index in [1.54, 1.807) is 31.4 Å². The van der Waals surface area contributed by atoms with Crippen molar-refractivity contribution < 1.29 is 9.53 Å². The molecule has 0 spiro atoms. The number of amides is 1. The van der Waals surface area contributed by atoms with Crippen molar-refractivity contribution in [3.63, 3.8) is 0 Å². The maximum atomic E-state index is 12.1. The van der Waals surface area contributed by atoms with E-state index in [1.165, 1.54) is 0 Å². The molecule has 1 N–H and O–H groups in total. The molecule has 2 aromatic rings. The monoisotopic (exact) mass is 396 g/mol. The Bertz CT molecular complexity index is 677. The van der Waals surface area contributed by atoms with Gasteiger partial charge in [0.05, 0.1) is 13.7 Å². The minimum atomic E-state index is -0.0798. The molecule has 6 heteroatoms. The molecule has 0 saturated heterocycles. The third-order valence-corrected chi connectivity index (χ3v) is 3.97. The summed E-state index contributed by atoms with van der Waals surface area (Å²) < 4.78 is 6.33. The highest BCUT2D eigenvalue weighted by Gasteiger charge is 2.11. The molecule has 0 radical (unpaired) electrons. The number of nitrogens with zero attached hydrogens (tertiary/aromatic N) is 1. The second kappa shape index (κ2) is 8.34. The van der Waals surface area contributed by atoms with Crippen molar-refractivity contribution in [2.45, 2.75) is 6.54 Å². The average Bonchev–Trinajstić information content (AvgIpc) is 2.49. The first-order valence-corrected chi connectivity index (χ1v) is 8.21. The predicted molar refractivity (Wildman–Crippen MR) is 97.1 cm³/mol. The van der Waals surface area contributed by atoms with Crippen molar-refractivity contribution in [1.82, 2.24) is 4.90 Å². The first kappa shape index (κ1) is 17.8. The molecule has 0 saturated carbocycles. The molecular weight excluding hydrogens is 380 g/mol. The third kappa shape index (κ3) is 5.53. The summed E-state index contributed by atoms with van der Waals surface area (Å²) >= 11 is 9.28. The molecule has 2 aromatic carbocycles. The number of rotatable bonds is 6. The number of likely N-dealkylation sites (N-methyl/N-ethyl adjacent to an activating group) is 1. The lowest BCUT2D eigenvalue weighted by atomic mass is 10.2. The summed E-state index contributed by atoms with van der Waals surface area (Å²) in [4.78, 5) is 14.0. The lowest BCUT2D eigenvalue weighted by Crippen LogP contribution is -2.29. The van der Waals surface area contributed by atoms with Crippen LogP contribution in [0.15, 0.2) is 46.9 Å². The van der Waals surface area contributed by atoms with Crippen LogP contribution in [-0.2, 0) is 11.3 Å². The fourth-order valence-corrected chi connectivity index (χ4v) is 2.73. The van der Waals surface area contributed by atoms with E-state index < -0.39 is 0 Å². The molecule has 4 nitrogen and oxygen atoms in total. The molecule has 1 amide bonds. The number of carbonyl (C=O) groups excluding carboxylic acids is 1. The van der Waals surface area contributed by atoms with Gasteiger partial charge in [-0.15, -0.1) is 0 Å². The summed E-state index contributed by atoms with van der Waals surface area (Å²) in [7, 11) is 3.53. The molecule has 0 bridgehead atoms.